The summed E-state index contributed by atoms with van der Waals surface area (Å²) in [6.07, 6.45) is 3.88. The van der Waals surface area contributed by atoms with Crippen LogP contribution in [0.5, 0.6) is 0 Å². The van der Waals surface area contributed by atoms with Crippen LogP contribution < -0.4 is 0 Å². The third-order valence-corrected chi connectivity index (χ3v) is 3.82. The highest BCUT2D eigenvalue weighted by molar-refractivity contribution is 5.75. The Labute approximate surface area is 109 Å². The number of carbonyl (C=O) groups is 1. The van der Waals surface area contributed by atoms with Crippen molar-refractivity contribution in [1.82, 2.24) is 0 Å². The summed E-state index contributed by atoms with van der Waals surface area (Å²) in [6, 6.07) is 8.86. The molecule has 1 aromatic carbocycles. The van der Waals surface area contributed by atoms with E-state index in [0.717, 1.165) is 26.1 Å². The quantitative estimate of drug-likeness (QED) is 0.770. The highest BCUT2D eigenvalue weighted by Gasteiger charge is 2.39. The van der Waals surface area contributed by atoms with Crippen molar-refractivity contribution in [2.24, 2.45) is 0 Å². The Morgan fingerprint density at radius 1 is 1.28 bits per heavy atom. The molecular formula is C16H22O2. The summed E-state index contributed by atoms with van der Waals surface area (Å²) in [5.74, 6) is 0.267. The SMILES string of the molecule is CCCc1ccc(C2(CCC(C)=O)COC2)cc1. The van der Waals surface area contributed by atoms with Crippen LogP contribution in [0.15, 0.2) is 24.3 Å². The highest BCUT2D eigenvalue weighted by Crippen LogP contribution is 2.37. The summed E-state index contributed by atoms with van der Waals surface area (Å²) < 4.78 is 5.39. The van der Waals surface area contributed by atoms with Crippen molar-refractivity contribution >= 4 is 5.78 Å². The van der Waals surface area contributed by atoms with Gasteiger partial charge in [-0.3, -0.25) is 0 Å². The number of hydrogen-bond donors (Lipinski definition) is 0. The van der Waals surface area contributed by atoms with Gasteiger partial charge in [-0.25, -0.2) is 0 Å². The second-order valence-corrected chi connectivity index (χ2v) is 5.42. The van der Waals surface area contributed by atoms with Crippen molar-refractivity contribution in [2.45, 2.75) is 44.9 Å². The van der Waals surface area contributed by atoms with Crippen LogP contribution in [-0.2, 0) is 21.4 Å². The maximum atomic E-state index is 11.2. The summed E-state index contributed by atoms with van der Waals surface area (Å²) >= 11 is 0. The van der Waals surface area contributed by atoms with Crippen LogP contribution in [0.3, 0.4) is 0 Å². The van der Waals surface area contributed by atoms with E-state index in [9.17, 15) is 4.79 Å². The number of Topliss-reactive ketones (excluding diaryl/α,β-unsaturated/α-hetero) is 1. The Kier molecular flexibility index (Phi) is 4.18. The summed E-state index contributed by atoms with van der Waals surface area (Å²) in [5, 5.41) is 0. The zero-order chi connectivity index (χ0) is 13.0. The highest BCUT2D eigenvalue weighted by atomic mass is 16.5. The molecule has 0 spiro atoms. The number of benzene rings is 1. The fraction of sp³-hybridized carbons (Fsp3) is 0.562. The Bertz CT molecular complexity index is 402. The van der Waals surface area contributed by atoms with Gasteiger partial charge >= 0.3 is 0 Å². The summed E-state index contributed by atoms with van der Waals surface area (Å²) in [7, 11) is 0. The molecule has 0 unspecified atom stereocenters. The van der Waals surface area contributed by atoms with Crippen molar-refractivity contribution in [2.75, 3.05) is 13.2 Å². The third-order valence-electron chi connectivity index (χ3n) is 3.82. The van der Waals surface area contributed by atoms with Crippen LogP contribution in [0.25, 0.3) is 0 Å². The Morgan fingerprint density at radius 2 is 1.94 bits per heavy atom. The second-order valence-electron chi connectivity index (χ2n) is 5.42. The van der Waals surface area contributed by atoms with Gasteiger partial charge in [0.25, 0.3) is 0 Å². The van der Waals surface area contributed by atoms with E-state index in [-0.39, 0.29) is 11.2 Å². The molecule has 2 heteroatoms. The Balaban J connectivity index is 2.09. The lowest BCUT2D eigenvalue weighted by Gasteiger charge is -2.42. The molecule has 0 bridgehead atoms. The van der Waals surface area contributed by atoms with Crippen molar-refractivity contribution in [3.8, 4) is 0 Å². The maximum absolute atomic E-state index is 11.2. The van der Waals surface area contributed by atoms with Gasteiger partial charge in [0.1, 0.15) is 5.78 Å². The van der Waals surface area contributed by atoms with Gasteiger partial charge in [0.15, 0.2) is 0 Å². The standard InChI is InChI=1S/C16H22O2/c1-3-4-14-5-7-15(8-6-14)16(11-18-12-16)10-9-13(2)17/h5-8H,3-4,9-12H2,1-2H3. The first kappa shape index (κ1) is 13.3. The molecule has 0 radical (unpaired) electrons. The number of hydrogen-bond acceptors (Lipinski definition) is 2. The molecule has 1 aromatic rings. The molecule has 0 saturated carbocycles. The number of carbonyl (C=O) groups excluding carboxylic acids is 1. The number of rotatable bonds is 6. The van der Waals surface area contributed by atoms with E-state index >= 15 is 0 Å². The zero-order valence-electron chi connectivity index (χ0n) is 11.4. The molecule has 2 rings (SSSR count). The van der Waals surface area contributed by atoms with Crippen LogP contribution in [0.1, 0.15) is 44.2 Å². The smallest absolute Gasteiger partial charge is 0.129 e. The molecule has 1 heterocycles. The number of ketones is 1. The van der Waals surface area contributed by atoms with Gasteiger partial charge < -0.3 is 9.53 Å². The Morgan fingerprint density at radius 3 is 2.39 bits per heavy atom. The van der Waals surface area contributed by atoms with Gasteiger partial charge in [-0.05, 0) is 30.9 Å². The van der Waals surface area contributed by atoms with Gasteiger partial charge in [0.2, 0.25) is 0 Å². The lowest BCUT2D eigenvalue weighted by molar-refractivity contribution is -0.119. The minimum atomic E-state index is 0.0937. The average Bonchev–Trinajstić information content (AvgIpc) is 2.30. The van der Waals surface area contributed by atoms with Crippen molar-refractivity contribution in [3.63, 3.8) is 0 Å². The first-order valence-corrected chi connectivity index (χ1v) is 6.83. The first-order chi connectivity index (χ1) is 8.66. The summed E-state index contributed by atoms with van der Waals surface area (Å²) in [5.41, 5.74) is 2.81. The third kappa shape index (κ3) is 2.81. The van der Waals surface area contributed by atoms with Crippen LogP contribution in [0.2, 0.25) is 0 Å². The lowest BCUT2D eigenvalue weighted by Crippen LogP contribution is -2.46. The minimum absolute atomic E-state index is 0.0937. The topological polar surface area (TPSA) is 26.3 Å². The van der Waals surface area contributed by atoms with Gasteiger partial charge in [-0.1, -0.05) is 37.6 Å². The molecule has 0 aromatic heterocycles. The van der Waals surface area contributed by atoms with Crippen LogP contribution in [0.4, 0.5) is 0 Å². The van der Waals surface area contributed by atoms with E-state index in [1.807, 2.05) is 0 Å². The van der Waals surface area contributed by atoms with E-state index in [1.54, 1.807) is 6.92 Å². The van der Waals surface area contributed by atoms with Gasteiger partial charge in [-0.2, -0.15) is 0 Å². The van der Waals surface area contributed by atoms with Crippen molar-refractivity contribution in [3.05, 3.63) is 35.4 Å². The first-order valence-electron chi connectivity index (χ1n) is 6.83. The van der Waals surface area contributed by atoms with E-state index in [0.29, 0.717) is 6.42 Å². The molecule has 0 amide bonds. The molecule has 1 saturated heterocycles. The minimum Gasteiger partial charge on any atom is -0.379 e. The average molecular weight is 246 g/mol. The molecule has 1 aliphatic heterocycles. The van der Waals surface area contributed by atoms with Crippen LogP contribution in [-0.4, -0.2) is 19.0 Å². The molecule has 18 heavy (non-hydrogen) atoms. The van der Waals surface area contributed by atoms with E-state index < -0.39 is 0 Å². The zero-order valence-corrected chi connectivity index (χ0v) is 11.4. The normalized spacial score (nSPS) is 17.2. The van der Waals surface area contributed by atoms with Gasteiger partial charge in [-0.15, -0.1) is 0 Å². The van der Waals surface area contributed by atoms with Gasteiger partial charge in [0, 0.05) is 11.8 Å². The fourth-order valence-electron chi connectivity index (χ4n) is 2.53. The molecule has 98 valence electrons. The Hall–Kier alpha value is -1.15. The molecule has 0 N–H and O–H groups in total. The molecular weight excluding hydrogens is 224 g/mol. The summed E-state index contributed by atoms with van der Waals surface area (Å²) in [4.78, 5) is 11.2. The predicted molar refractivity (Wildman–Crippen MR) is 72.8 cm³/mol. The summed E-state index contributed by atoms with van der Waals surface area (Å²) in [6.45, 7) is 5.38. The molecule has 0 aliphatic carbocycles. The van der Waals surface area contributed by atoms with Gasteiger partial charge in [0.05, 0.1) is 13.2 Å². The fourth-order valence-corrected chi connectivity index (χ4v) is 2.53. The number of aryl methyl sites for hydroxylation is 1. The molecule has 2 nitrogen and oxygen atoms in total. The van der Waals surface area contributed by atoms with Crippen molar-refractivity contribution in [1.29, 1.82) is 0 Å². The van der Waals surface area contributed by atoms with Crippen LogP contribution in [0, 0.1) is 0 Å². The van der Waals surface area contributed by atoms with E-state index in [1.165, 1.54) is 17.5 Å². The molecule has 1 fully saturated rings. The monoisotopic (exact) mass is 246 g/mol. The second kappa shape index (κ2) is 5.66. The van der Waals surface area contributed by atoms with Crippen LogP contribution >= 0.6 is 0 Å². The number of ether oxygens (including phenoxy) is 1. The predicted octanol–water partition coefficient (Wildman–Crippen LogP) is 3.28. The molecule has 0 atom stereocenters. The largest absolute Gasteiger partial charge is 0.379 e. The maximum Gasteiger partial charge on any atom is 0.129 e. The lowest BCUT2D eigenvalue weighted by atomic mass is 9.74. The molecule has 1 aliphatic rings. The van der Waals surface area contributed by atoms with E-state index in [2.05, 4.69) is 31.2 Å². The van der Waals surface area contributed by atoms with Crippen molar-refractivity contribution < 1.29 is 9.53 Å². The van der Waals surface area contributed by atoms with E-state index in [4.69, 9.17) is 4.74 Å².